The summed E-state index contributed by atoms with van der Waals surface area (Å²) in [7, 11) is 0. The van der Waals surface area contributed by atoms with E-state index in [1.54, 1.807) is 18.2 Å². The van der Waals surface area contributed by atoms with Gasteiger partial charge >= 0.3 is 5.97 Å². The van der Waals surface area contributed by atoms with Crippen molar-refractivity contribution in [3.8, 4) is 5.69 Å². The van der Waals surface area contributed by atoms with Crippen molar-refractivity contribution in [2.75, 3.05) is 0 Å². The fourth-order valence-electron chi connectivity index (χ4n) is 1.91. The van der Waals surface area contributed by atoms with Crippen LogP contribution in [0, 0.1) is 0 Å². The molecule has 8 heteroatoms. The Balaban J connectivity index is 2.28. The summed E-state index contributed by atoms with van der Waals surface area (Å²) < 4.78 is 2.12. The molecule has 0 aliphatic rings. The number of benzene rings is 2. The standard InChI is InChI=1S/C13H6BrCl2N3O2/c14-7-2-4-9(12(16)11(7)15)19-10-5-6(13(20)21)1-3-8(10)17-18-19/h1-5H,(H,20,21). The summed E-state index contributed by atoms with van der Waals surface area (Å²) in [6.07, 6.45) is 0. The molecule has 0 saturated heterocycles. The number of fused-ring (bicyclic) bond motifs is 1. The van der Waals surface area contributed by atoms with Gasteiger partial charge in [0.25, 0.3) is 0 Å². The second-order valence-corrected chi connectivity index (χ2v) is 5.81. The predicted molar refractivity (Wildman–Crippen MR) is 83.5 cm³/mol. The molecule has 0 radical (unpaired) electrons. The molecule has 3 rings (SSSR count). The molecule has 1 aromatic heterocycles. The Morgan fingerprint density at radius 2 is 1.95 bits per heavy atom. The zero-order valence-electron chi connectivity index (χ0n) is 10.2. The first-order valence-corrected chi connectivity index (χ1v) is 7.26. The van der Waals surface area contributed by atoms with Gasteiger partial charge in [-0.1, -0.05) is 28.4 Å². The number of carboxylic acids is 1. The van der Waals surface area contributed by atoms with Crippen LogP contribution in [0.3, 0.4) is 0 Å². The molecule has 1 N–H and O–H groups in total. The predicted octanol–water partition coefficient (Wildman–Crippen LogP) is 4.19. The van der Waals surface area contributed by atoms with Crippen molar-refractivity contribution in [1.29, 1.82) is 0 Å². The topological polar surface area (TPSA) is 68.0 Å². The van der Waals surface area contributed by atoms with E-state index in [0.29, 0.717) is 31.2 Å². The van der Waals surface area contributed by atoms with Gasteiger partial charge in [0.15, 0.2) is 0 Å². The van der Waals surface area contributed by atoms with Crippen molar-refractivity contribution in [2.45, 2.75) is 0 Å². The molecular weight excluding hydrogens is 381 g/mol. The second kappa shape index (κ2) is 5.29. The molecule has 21 heavy (non-hydrogen) atoms. The van der Waals surface area contributed by atoms with E-state index in [1.807, 2.05) is 0 Å². The van der Waals surface area contributed by atoms with Crippen molar-refractivity contribution in [3.63, 3.8) is 0 Å². The Morgan fingerprint density at radius 1 is 1.19 bits per heavy atom. The summed E-state index contributed by atoms with van der Waals surface area (Å²) in [4.78, 5) is 11.1. The Hall–Kier alpha value is -1.63. The number of aromatic carboxylic acids is 1. The highest BCUT2D eigenvalue weighted by Crippen LogP contribution is 2.35. The van der Waals surface area contributed by atoms with Crippen molar-refractivity contribution < 1.29 is 9.90 Å². The Morgan fingerprint density at radius 3 is 2.67 bits per heavy atom. The van der Waals surface area contributed by atoms with Gasteiger partial charge in [0.2, 0.25) is 0 Å². The highest BCUT2D eigenvalue weighted by atomic mass is 79.9. The minimum absolute atomic E-state index is 0.144. The molecule has 5 nitrogen and oxygen atoms in total. The van der Waals surface area contributed by atoms with E-state index in [4.69, 9.17) is 28.3 Å². The maximum atomic E-state index is 11.1. The Bertz CT molecular complexity index is 879. The first kappa shape index (κ1) is 14.3. The van der Waals surface area contributed by atoms with Crippen LogP contribution in [-0.2, 0) is 0 Å². The minimum Gasteiger partial charge on any atom is -0.478 e. The number of hydrogen-bond donors (Lipinski definition) is 1. The fourth-order valence-corrected chi connectivity index (χ4v) is 2.76. The van der Waals surface area contributed by atoms with Crippen molar-refractivity contribution in [1.82, 2.24) is 15.0 Å². The largest absolute Gasteiger partial charge is 0.478 e. The molecule has 0 spiro atoms. The summed E-state index contributed by atoms with van der Waals surface area (Å²) in [5.41, 5.74) is 1.77. The number of rotatable bonds is 2. The van der Waals surface area contributed by atoms with Crippen LogP contribution >= 0.6 is 39.1 Å². The summed E-state index contributed by atoms with van der Waals surface area (Å²) in [5.74, 6) is -1.02. The van der Waals surface area contributed by atoms with Gasteiger partial charge in [0.1, 0.15) is 5.52 Å². The number of halogens is 3. The van der Waals surface area contributed by atoms with Crippen LogP contribution in [0.4, 0.5) is 0 Å². The van der Waals surface area contributed by atoms with Crippen molar-refractivity contribution in [3.05, 3.63) is 50.4 Å². The molecule has 1 heterocycles. The Kier molecular flexibility index (Phi) is 3.61. The molecule has 106 valence electrons. The van der Waals surface area contributed by atoms with Crippen LogP contribution in [0.15, 0.2) is 34.8 Å². The summed E-state index contributed by atoms with van der Waals surface area (Å²) in [5, 5.41) is 17.7. The first-order chi connectivity index (χ1) is 9.99. The van der Waals surface area contributed by atoms with Crippen LogP contribution in [0.2, 0.25) is 10.0 Å². The molecule has 0 aliphatic carbocycles. The lowest BCUT2D eigenvalue weighted by atomic mass is 10.2. The van der Waals surface area contributed by atoms with E-state index < -0.39 is 5.97 Å². The maximum absolute atomic E-state index is 11.1. The quantitative estimate of drug-likeness (QED) is 0.670. The third-order valence-corrected chi connectivity index (χ3v) is 4.70. The van der Waals surface area contributed by atoms with E-state index in [1.165, 1.54) is 16.8 Å². The lowest BCUT2D eigenvalue weighted by molar-refractivity contribution is 0.0697. The molecule has 0 aliphatic heterocycles. The Labute approximate surface area is 137 Å². The smallest absolute Gasteiger partial charge is 0.335 e. The molecule has 0 unspecified atom stereocenters. The fraction of sp³-hybridized carbons (Fsp3) is 0. The molecule has 0 saturated carbocycles. The number of hydrogen-bond acceptors (Lipinski definition) is 3. The summed E-state index contributed by atoms with van der Waals surface area (Å²) in [6.45, 7) is 0. The van der Waals surface area contributed by atoms with Gasteiger partial charge < -0.3 is 5.11 Å². The minimum atomic E-state index is -1.02. The molecule has 2 aromatic carbocycles. The second-order valence-electron chi connectivity index (χ2n) is 4.20. The third-order valence-electron chi connectivity index (χ3n) is 2.94. The van der Waals surface area contributed by atoms with Gasteiger partial charge in [-0.05, 0) is 46.3 Å². The summed E-state index contributed by atoms with van der Waals surface area (Å²) >= 11 is 15.6. The molecule has 0 bridgehead atoms. The van der Waals surface area contributed by atoms with Crippen LogP contribution in [-0.4, -0.2) is 26.1 Å². The number of carboxylic acid groups (broad SMARTS) is 1. The highest BCUT2D eigenvalue weighted by molar-refractivity contribution is 9.10. The lowest BCUT2D eigenvalue weighted by Crippen LogP contribution is -2.00. The SMILES string of the molecule is O=C(O)c1ccc2nnn(-c3ccc(Br)c(Cl)c3Cl)c2c1. The zero-order chi connectivity index (χ0) is 15.1. The van der Waals surface area contributed by atoms with Crippen LogP contribution in [0.1, 0.15) is 10.4 Å². The van der Waals surface area contributed by atoms with Crippen LogP contribution < -0.4 is 0 Å². The highest BCUT2D eigenvalue weighted by Gasteiger charge is 2.15. The van der Waals surface area contributed by atoms with Crippen LogP contribution in [0.25, 0.3) is 16.7 Å². The first-order valence-electron chi connectivity index (χ1n) is 5.71. The van der Waals surface area contributed by atoms with Gasteiger partial charge in [-0.3, -0.25) is 0 Å². The molecule has 0 amide bonds. The zero-order valence-corrected chi connectivity index (χ0v) is 13.3. The van der Waals surface area contributed by atoms with E-state index in [9.17, 15) is 4.79 Å². The van der Waals surface area contributed by atoms with Crippen molar-refractivity contribution >= 4 is 56.1 Å². The van der Waals surface area contributed by atoms with Gasteiger partial charge in [-0.2, -0.15) is 0 Å². The lowest BCUT2D eigenvalue weighted by Gasteiger charge is -2.08. The van der Waals surface area contributed by atoms with Gasteiger partial charge in [-0.25, -0.2) is 9.48 Å². The third kappa shape index (κ3) is 2.39. The number of carbonyl (C=O) groups is 1. The average molecular weight is 387 g/mol. The molecular formula is C13H6BrCl2N3O2. The monoisotopic (exact) mass is 385 g/mol. The number of nitrogens with zero attached hydrogens (tertiary/aromatic N) is 3. The normalized spacial score (nSPS) is 11.0. The molecule has 0 atom stereocenters. The van der Waals surface area contributed by atoms with Gasteiger partial charge in [0, 0.05) is 4.47 Å². The van der Waals surface area contributed by atoms with E-state index in [2.05, 4.69) is 26.2 Å². The van der Waals surface area contributed by atoms with E-state index >= 15 is 0 Å². The average Bonchev–Trinajstić information content (AvgIpc) is 2.88. The van der Waals surface area contributed by atoms with Crippen LogP contribution in [0.5, 0.6) is 0 Å². The van der Waals surface area contributed by atoms with Crippen molar-refractivity contribution in [2.24, 2.45) is 0 Å². The van der Waals surface area contributed by atoms with E-state index in [-0.39, 0.29) is 5.56 Å². The number of aromatic nitrogens is 3. The molecule has 3 aromatic rings. The van der Waals surface area contributed by atoms with Gasteiger partial charge in [-0.15, -0.1) is 5.10 Å². The van der Waals surface area contributed by atoms with Gasteiger partial charge in [0.05, 0.1) is 26.8 Å². The van der Waals surface area contributed by atoms with E-state index in [0.717, 1.165) is 0 Å². The summed E-state index contributed by atoms with van der Waals surface area (Å²) in [6, 6.07) is 8.01. The molecule has 0 fully saturated rings. The maximum Gasteiger partial charge on any atom is 0.335 e.